The molecule has 20 heavy (non-hydrogen) atoms. The minimum atomic E-state index is 0.108. The van der Waals surface area contributed by atoms with Gasteiger partial charge in [0.05, 0.1) is 7.11 Å². The molecule has 0 bridgehead atoms. The fourth-order valence-corrected chi connectivity index (χ4v) is 2.18. The first-order valence-corrected chi connectivity index (χ1v) is 6.69. The number of benzene rings is 1. The van der Waals surface area contributed by atoms with Crippen molar-refractivity contribution in [2.75, 3.05) is 19.1 Å². The molecule has 0 saturated carbocycles. The Hall–Kier alpha value is -2.07. The normalized spacial score (nSPS) is 12.0. The zero-order chi connectivity index (χ0) is 14.5. The summed E-state index contributed by atoms with van der Waals surface area (Å²) in [5.74, 6) is 1.76. The Labute approximate surface area is 120 Å². The van der Waals surface area contributed by atoms with Crippen molar-refractivity contribution in [1.82, 2.24) is 4.98 Å². The van der Waals surface area contributed by atoms with Crippen LogP contribution in [0.1, 0.15) is 12.5 Å². The first-order chi connectivity index (χ1) is 9.61. The van der Waals surface area contributed by atoms with Gasteiger partial charge in [-0.3, -0.25) is 0 Å². The number of ether oxygens (including phenoxy) is 1. The highest BCUT2D eigenvalue weighted by Gasteiger charge is 2.12. The first-order valence-electron chi connectivity index (χ1n) is 6.69. The summed E-state index contributed by atoms with van der Waals surface area (Å²) in [6.07, 6.45) is 2.61. The highest BCUT2D eigenvalue weighted by Crippen LogP contribution is 2.28. The third-order valence-electron chi connectivity index (χ3n) is 3.17. The lowest BCUT2D eigenvalue weighted by molar-refractivity contribution is 0.415. The maximum absolute atomic E-state index is 5.91. The molecule has 2 aromatic rings. The van der Waals surface area contributed by atoms with Crippen molar-refractivity contribution in [2.24, 2.45) is 5.73 Å². The molecule has 0 aliphatic carbocycles. The predicted molar refractivity (Wildman–Crippen MR) is 82.6 cm³/mol. The Kier molecular flexibility index (Phi) is 4.58. The SMILES string of the molecule is COc1cccc(N(C)c2ncccc2CC(C)N)c1. The third-order valence-corrected chi connectivity index (χ3v) is 3.17. The highest BCUT2D eigenvalue weighted by molar-refractivity contribution is 5.63. The van der Waals surface area contributed by atoms with Crippen LogP contribution in [-0.4, -0.2) is 25.2 Å². The molecule has 0 fully saturated rings. The summed E-state index contributed by atoms with van der Waals surface area (Å²) < 4.78 is 5.27. The van der Waals surface area contributed by atoms with Gasteiger partial charge in [0.1, 0.15) is 11.6 Å². The second-order valence-electron chi connectivity index (χ2n) is 4.93. The molecule has 1 aromatic heterocycles. The molecule has 106 valence electrons. The van der Waals surface area contributed by atoms with Crippen LogP contribution in [0.15, 0.2) is 42.6 Å². The van der Waals surface area contributed by atoms with E-state index in [-0.39, 0.29) is 6.04 Å². The largest absolute Gasteiger partial charge is 0.497 e. The van der Waals surface area contributed by atoms with Crippen molar-refractivity contribution in [3.63, 3.8) is 0 Å². The van der Waals surface area contributed by atoms with E-state index in [0.29, 0.717) is 0 Å². The summed E-state index contributed by atoms with van der Waals surface area (Å²) in [5, 5.41) is 0. The van der Waals surface area contributed by atoms with Gasteiger partial charge in [0.15, 0.2) is 0 Å². The maximum Gasteiger partial charge on any atom is 0.135 e. The second-order valence-corrected chi connectivity index (χ2v) is 4.93. The van der Waals surface area contributed by atoms with Crippen LogP contribution in [0.3, 0.4) is 0 Å². The van der Waals surface area contributed by atoms with Crippen molar-refractivity contribution in [2.45, 2.75) is 19.4 Å². The standard InChI is InChI=1S/C16H21N3O/c1-12(17)10-13-6-5-9-18-16(13)19(2)14-7-4-8-15(11-14)20-3/h4-9,11-12H,10,17H2,1-3H3. The number of nitrogens with zero attached hydrogens (tertiary/aromatic N) is 2. The Balaban J connectivity index is 2.34. The minimum absolute atomic E-state index is 0.108. The predicted octanol–water partition coefficient (Wildman–Crippen LogP) is 2.75. The fourth-order valence-electron chi connectivity index (χ4n) is 2.18. The lowest BCUT2D eigenvalue weighted by Crippen LogP contribution is -2.21. The second kappa shape index (κ2) is 6.39. The minimum Gasteiger partial charge on any atom is -0.497 e. The van der Waals surface area contributed by atoms with E-state index in [2.05, 4.69) is 16.0 Å². The van der Waals surface area contributed by atoms with E-state index in [1.807, 2.05) is 44.3 Å². The molecule has 2 rings (SSSR count). The van der Waals surface area contributed by atoms with Gasteiger partial charge in [0.2, 0.25) is 0 Å². The molecule has 1 heterocycles. The summed E-state index contributed by atoms with van der Waals surface area (Å²) in [4.78, 5) is 6.55. The van der Waals surface area contributed by atoms with Crippen LogP contribution >= 0.6 is 0 Å². The number of hydrogen-bond donors (Lipinski definition) is 1. The Morgan fingerprint density at radius 2 is 2.10 bits per heavy atom. The van der Waals surface area contributed by atoms with E-state index in [1.165, 1.54) is 0 Å². The van der Waals surface area contributed by atoms with Gasteiger partial charge in [-0.25, -0.2) is 4.98 Å². The molecule has 1 unspecified atom stereocenters. The van der Waals surface area contributed by atoms with Gasteiger partial charge in [0, 0.05) is 31.0 Å². The molecule has 0 aliphatic heterocycles. The molecule has 0 amide bonds. The van der Waals surface area contributed by atoms with Crippen LogP contribution in [0.25, 0.3) is 0 Å². The maximum atomic E-state index is 5.91. The molecular formula is C16H21N3O. The van der Waals surface area contributed by atoms with Crippen molar-refractivity contribution in [3.05, 3.63) is 48.2 Å². The van der Waals surface area contributed by atoms with Crippen LogP contribution in [0, 0.1) is 0 Å². The first kappa shape index (κ1) is 14.3. The Morgan fingerprint density at radius 1 is 1.30 bits per heavy atom. The average Bonchev–Trinajstić information content (AvgIpc) is 2.46. The van der Waals surface area contributed by atoms with E-state index in [4.69, 9.17) is 10.5 Å². The summed E-state index contributed by atoms with van der Waals surface area (Å²) in [6, 6.07) is 12.1. The number of pyridine rings is 1. The smallest absolute Gasteiger partial charge is 0.135 e. The number of anilines is 2. The van der Waals surface area contributed by atoms with Gasteiger partial charge in [-0.1, -0.05) is 12.1 Å². The van der Waals surface area contributed by atoms with Crippen LogP contribution in [0.5, 0.6) is 5.75 Å². The molecule has 2 N–H and O–H groups in total. The average molecular weight is 271 g/mol. The molecule has 0 spiro atoms. The number of methoxy groups -OCH3 is 1. The quantitative estimate of drug-likeness (QED) is 0.908. The van der Waals surface area contributed by atoms with Crippen molar-refractivity contribution in [1.29, 1.82) is 0 Å². The van der Waals surface area contributed by atoms with Gasteiger partial charge < -0.3 is 15.4 Å². The summed E-state index contributed by atoms with van der Waals surface area (Å²) in [5.41, 5.74) is 8.09. The molecule has 0 radical (unpaired) electrons. The van der Waals surface area contributed by atoms with E-state index in [9.17, 15) is 0 Å². The third kappa shape index (κ3) is 3.27. The fraction of sp³-hybridized carbons (Fsp3) is 0.312. The van der Waals surface area contributed by atoms with Gasteiger partial charge in [-0.05, 0) is 37.1 Å². The van der Waals surface area contributed by atoms with Gasteiger partial charge >= 0.3 is 0 Å². The Morgan fingerprint density at radius 3 is 2.80 bits per heavy atom. The molecule has 0 aliphatic rings. The molecule has 1 atom stereocenters. The highest BCUT2D eigenvalue weighted by atomic mass is 16.5. The lowest BCUT2D eigenvalue weighted by atomic mass is 10.1. The van der Waals surface area contributed by atoms with Gasteiger partial charge in [-0.2, -0.15) is 0 Å². The number of hydrogen-bond acceptors (Lipinski definition) is 4. The lowest BCUT2D eigenvalue weighted by Gasteiger charge is -2.22. The zero-order valence-corrected chi connectivity index (χ0v) is 12.2. The number of rotatable bonds is 5. The van der Waals surface area contributed by atoms with E-state index < -0.39 is 0 Å². The van der Waals surface area contributed by atoms with E-state index in [1.54, 1.807) is 13.3 Å². The molecular weight excluding hydrogens is 250 g/mol. The summed E-state index contributed by atoms with van der Waals surface area (Å²) >= 11 is 0. The van der Waals surface area contributed by atoms with Crippen molar-refractivity contribution < 1.29 is 4.74 Å². The molecule has 4 nitrogen and oxygen atoms in total. The molecule has 4 heteroatoms. The summed E-state index contributed by atoms with van der Waals surface area (Å²) in [6.45, 7) is 2.00. The van der Waals surface area contributed by atoms with Gasteiger partial charge in [0.25, 0.3) is 0 Å². The monoisotopic (exact) mass is 271 g/mol. The molecule has 0 saturated heterocycles. The van der Waals surface area contributed by atoms with Crippen LogP contribution in [0.2, 0.25) is 0 Å². The van der Waals surface area contributed by atoms with Gasteiger partial charge in [-0.15, -0.1) is 0 Å². The Bertz CT molecular complexity index is 569. The van der Waals surface area contributed by atoms with E-state index >= 15 is 0 Å². The molecule has 1 aromatic carbocycles. The van der Waals surface area contributed by atoms with Crippen molar-refractivity contribution >= 4 is 11.5 Å². The number of nitrogens with two attached hydrogens (primary N) is 1. The van der Waals surface area contributed by atoms with Crippen LogP contribution < -0.4 is 15.4 Å². The van der Waals surface area contributed by atoms with Crippen LogP contribution in [0.4, 0.5) is 11.5 Å². The zero-order valence-electron chi connectivity index (χ0n) is 12.2. The van der Waals surface area contributed by atoms with E-state index in [0.717, 1.165) is 29.2 Å². The van der Waals surface area contributed by atoms with Crippen molar-refractivity contribution in [3.8, 4) is 5.75 Å². The topological polar surface area (TPSA) is 51.4 Å². The number of aromatic nitrogens is 1. The summed E-state index contributed by atoms with van der Waals surface area (Å²) in [7, 11) is 3.67. The van der Waals surface area contributed by atoms with Crippen LogP contribution in [-0.2, 0) is 6.42 Å².